The first-order valence-corrected chi connectivity index (χ1v) is 6.24. The van der Waals surface area contributed by atoms with Gasteiger partial charge >= 0.3 is 0 Å². The molecule has 0 saturated carbocycles. The number of nitrogens with one attached hydrogen (secondary N) is 1. The Labute approximate surface area is 128 Å². The smallest absolute Gasteiger partial charge is 0.269 e. The van der Waals surface area contributed by atoms with Crippen molar-refractivity contribution in [2.24, 2.45) is 0 Å². The highest BCUT2D eigenvalue weighted by atomic mass is 79.9. The number of hydrogen-bond donors (Lipinski definition) is 1. The third kappa shape index (κ3) is 5.11. The molecular weight excluding hydrogens is 320 g/mol. The average molecular weight is 337 g/mol. The van der Waals surface area contributed by atoms with Crippen molar-refractivity contribution < 1.29 is 4.92 Å². The fourth-order valence-corrected chi connectivity index (χ4v) is 1.89. The molecule has 20 heavy (non-hydrogen) atoms. The van der Waals surface area contributed by atoms with E-state index in [0.29, 0.717) is 6.54 Å². The van der Waals surface area contributed by atoms with Crippen LogP contribution in [0.4, 0.5) is 5.69 Å². The van der Waals surface area contributed by atoms with Gasteiger partial charge in [-0.3, -0.25) is 10.1 Å². The number of nitro groups is 1. The number of halogens is 1. The Hall–Kier alpha value is -1.72. The molecule has 5 heteroatoms. The molecule has 0 unspecified atom stereocenters. The first-order chi connectivity index (χ1) is 9.25. The van der Waals surface area contributed by atoms with Crippen LogP contribution < -0.4 is 5.32 Å². The van der Waals surface area contributed by atoms with E-state index < -0.39 is 0 Å². The van der Waals surface area contributed by atoms with Crippen molar-refractivity contribution in [3.05, 3.63) is 75.8 Å². The van der Waals surface area contributed by atoms with Crippen LogP contribution in [0.3, 0.4) is 0 Å². The molecule has 0 fully saturated rings. The van der Waals surface area contributed by atoms with Crippen molar-refractivity contribution >= 4 is 22.7 Å². The van der Waals surface area contributed by atoms with Gasteiger partial charge in [0.2, 0.25) is 0 Å². The molecule has 2 rings (SSSR count). The van der Waals surface area contributed by atoms with Crippen molar-refractivity contribution in [2.75, 3.05) is 6.54 Å². The fourth-order valence-electron chi connectivity index (χ4n) is 1.89. The Morgan fingerprint density at radius 3 is 2.40 bits per heavy atom. The lowest BCUT2D eigenvalue weighted by atomic mass is 10.1. The van der Waals surface area contributed by atoms with Gasteiger partial charge in [-0.15, -0.1) is 17.0 Å². The zero-order valence-corrected chi connectivity index (χ0v) is 12.7. The summed E-state index contributed by atoms with van der Waals surface area (Å²) >= 11 is 0. The lowest BCUT2D eigenvalue weighted by molar-refractivity contribution is -0.384. The maximum atomic E-state index is 10.7. The molecular formula is C15H17BrN2O2. The van der Waals surface area contributed by atoms with Crippen LogP contribution in [0, 0.1) is 10.1 Å². The van der Waals surface area contributed by atoms with Gasteiger partial charge in [0, 0.05) is 18.7 Å². The van der Waals surface area contributed by atoms with Gasteiger partial charge in [-0.2, -0.15) is 0 Å². The number of rotatable bonds is 6. The highest BCUT2D eigenvalue weighted by Gasteiger charge is 2.04. The number of nitro benzene ring substituents is 1. The molecule has 0 bridgehead atoms. The quantitative estimate of drug-likeness (QED) is 0.499. The van der Waals surface area contributed by atoms with E-state index in [1.54, 1.807) is 12.1 Å². The summed E-state index contributed by atoms with van der Waals surface area (Å²) in [6.45, 7) is 1.50. The van der Waals surface area contributed by atoms with Gasteiger partial charge in [-0.05, 0) is 24.1 Å². The maximum Gasteiger partial charge on any atom is 0.269 e. The highest BCUT2D eigenvalue weighted by molar-refractivity contribution is 8.93. The van der Waals surface area contributed by atoms with Gasteiger partial charge in [0.1, 0.15) is 0 Å². The molecule has 0 atom stereocenters. The molecule has 0 aromatic heterocycles. The Kier molecular flexibility index (Phi) is 6.90. The average Bonchev–Trinajstić information content (AvgIpc) is 2.45. The van der Waals surface area contributed by atoms with Crippen LogP contribution in [-0.2, 0) is 13.0 Å². The third-order valence-electron chi connectivity index (χ3n) is 2.88. The summed E-state index contributed by atoms with van der Waals surface area (Å²) in [7, 11) is 0. The summed E-state index contributed by atoms with van der Waals surface area (Å²) in [5, 5.41) is 13.9. The molecule has 0 saturated heterocycles. The molecule has 0 aliphatic rings. The second-order valence-corrected chi connectivity index (χ2v) is 4.34. The van der Waals surface area contributed by atoms with Gasteiger partial charge in [-0.1, -0.05) is 42.5 Å². The third-order valence-corrected chi connectivity index (χ3v) is 2.88. The largest absolute Gasteiger partial charge is 0.312 e. The number of non-ortho nitro benzene ring substituents is 1. The van der Waals surface area contributed by atoms with Gasteiger partial charge in [0.05, 0.1) is 4.92 Å². The lowest BCUT2D eigenvalue weighted by Gasteiger charge is -2.05. The molecule has 4 nitrogen and oxygen atoms in total. The predicted octanol–water partition coefficient (Wildman–Crippen LogP) is 3.51. The number of hydrogen-bond acceptors (Lipinski definition) is 3. The Balaban J connectivity index is 0.00000200. The molecule has 1 N–H and O–H groups in total. The predicted molar refractivity (Wildman–Crippen MR) is 85.3 cm³/mol. The molecule has 2 aromatic carbocycles. The summed E-state index contributed by atoms with van der Waals surface area (Å²) in [4.78, 5) is 10.3. The molecule has 0 spiro atoms. The monoisotopic (exact) mass is 336 g/mol. The van der Waals surface area contributed by atoms with Crippen molar-refractivity contribution in [1.29, 1.82) is 0 Å². The minimum Gasteiger partial charge on any atom is -0.312 e. The first-order valence-electron chi connectivity index (χ1n) is 6.24. The van der Waals surface area contributed by atoms with E-state index in [2.05, 4.69) is 17.4 Å². The van der Waals surface area contributed by atoms with Crippen LogP contribution in [0.25, 0.3) is 0 Å². The van der Waals surface area contributed by atoms with Crippen molar-refractivity contribution in [3.63, 3.8) is 0 Å². The second-order valence-electron chi connectivity index (χ2n) is 4.34. The molecule has 0 aliphatic carbocycles. The first kappa shape index (κ1) is 16.3. The van der Waals surface area contributed by atoms with Crippen LogP contribution in [0.15, 0.2) is 54.6 Å². The van der Waals surface area contributed by atoms with Gasteiger partial charge in [-0.25, -0.2) is 0 Å². The number of benzene rings is 2. The lowest BCUT2D eigenvalue weighted by Crippen LogP contribution is -2.16. The van der Waals surface area contributed by atoms with E-state index in [1.807, 2.05) is 24.3 Å². The summed E-state index contributed by atoms with van der Waals surface area (Å²) < 4.78 is 0. The zero-order valence-electron chi connectivity index (χ0n) is 11.0. The Morgan fingerprint density at radius 2 is 1.70 bits per heavy atom. The summed E-state index contributed by atoms with van der Waals surface area (Å²) in [5.74, 6) is 0. The molecule has 2 aromatic rings. The topological polar surface area (TPSA) is 55.2 Å². The van der Waals surface area contributed by atoms with E-state index in [-0.39, 0.29) is 27.6 Å². The maximum absolute atomic E-state index is 10.7. The SMILES string of the molecule is Br.O=[N+]([O-])c1cccc(CNCCc2ccccc2)c1. The van der Waals surface area contributed by atoms with E-state index in [0.717, 1.165) is 18.5 Å². The van der Waals surface area contributed by atoms with Crippen LogP contribution in [0.2, 0.25) is 0 Å². The van der Waals surface area contributed by atoms with Crippen LogP contribution >= 0.6 is 17.0 Å². The molecule has 0 aliphatic heterocycles. The van der Waals surface area contributed by atoms with Crippen LogP contribution in [-0.4, -0.2) is 11.5 Å². The van der Waals surface area contributed by atoms with Crippen molar-refractivity contribution in [2.45, 2.75) is 13.0 Å². The second kappa shape index (κ2) is 8.45. The van der Waals surface area contributed by atoms with E-state index in [1.165, 1.54) is 11.6 Å². The van der Waals surface area contributed by atoms with Crippen molar-refractivity contribution in [3.8, 4) is 0 Å². The summed E-state index contributed by atoms with van der Waals surface area (Å²) in [5.41, 5.74) is 2.36. The van der Waals surface area contributed by atoms with Gasteiger partial charge < -0.3 is 5.32 Å². The van der Waals surface area contributed by atoms with E-state index in [9.17, 15) is 10.1 Å². The van der Waals surface area contributed by atoms with Gasteiger partial charge in [0.15, 0.2) is 0 Å². The van der Waals surface area contributed by atoms with E-state index >= 15 is 0 Å². The van der Waals surface area contributed by atoms with Gasteiger partial charge in [0.25, 0.3) is 5.69 Å². The van der Waals surface area contributed by atoms with Crippen molar-refractivity contribution in [1.82, 2.24) is 5.32 Å². The molecule has 0 amide bonds. The molecule has 0 heterocycles. The summed E-state index contributed by atoms with van der Waals surface area (Å²) in [6.07, 6.45) is 0.954. The minimum atomic E-state index is -0.368. The van der Waals surface area contributed by atoms with E-state index in [4.69, 9.17) is 0 Å². The summed E-state index contributed by atoms with van der Waals surface area (Å²) in [6, 6.07) is 17.0. The molecule has 106 valence electrons. The highest BCUT2D eigenvalue weighted by Crippen LogP contribution is 2.12. The Bertz CT molecular complexity index is 547. The van der Waals surface area contributed by atoms with Crippen LogP contribution in [0.1, 0.15) is 11.1 Å². The number of nitrogens with zero attached hydrogens (tertiary/aromatic N) is 1. The van der Waals surface area contributed by atoms with Crippen LogP contribution in [0.5, 0.6) is 0 Å². The zero-order chi connectivity index (χ0) is 13.5. The standard InChI is InChI=1S/C15H16N2O2.BrH/c18-17(19)15-8-4-7-14(11-15)12-16-10-9-13-5-2-1-3-6-13;/h1-8,11,16H,9-10,12H2;1H. The fraction of sp³-hybridized carbons (Fsp3) is 0.200. The Morgan fingerprint density at radius 1 is 1.00 bits per heavy atom. The minimum absolute atomic E-state index is 0. The normalized spacial score (nSPS) is 9.80. The molecule has 0 radical (unpaired) electrons.